The first-order chi connectivity index (χ1) is 13.0. The van der Waals surface area contributed by atoms with Crippen molar-refractivity contribution in [1.29, 1.82) is 0 Å². The zero-order valence-electron chi connectivity index (χ0n) is 14.3. The van der Waals surface area contributed by atoms with Crippen LogP contribution in [0.2, 0.25) is 0 Å². The van der Waals surface area contributed by atoms with E-state index in [1.807, 2.05) is 0 Å². The van der Waals surface area contributed by atoms with Crippen molar-refractivity contribution in [1.82, 2.24) is 14.5 Å². The van der Waals surface area contributed by atoms with Gasteiger partial charge in [-0.15, -0.1) is 0 Å². The van der Waals surface area contributed by atoms with E-state index in [0.717, 1.165) is 23.0 Å². The molecular formula is C16H15F3N4O5. The molecule has 12 heteroatoms. The maximum Gasteiger partial charge on any atom is 0.471 e. The van der Waals surface area contributed by atoms with Crippen LogP contribution in [0.5, 0.6) is 0 Å². The van der Waals surface area contributed by atoms with Gasteiger partial charge in [0, 0.05) is 25.2 Å². The number of halogens is 3. The summed E-state index contributed by atoms with van der Waals surface area (Å²) in [5.74, 6) is -1.96. The molecule has 1 aromatic carbocycles. The van der Waals surface area contributed by atoms with Crippen LogP contribution in [0, 0.1) is 10.1 Å². The Morgan fingerprint density at radius 2 is 1.96 bits per heavy atom. The number of likely N-dealkylation sites (tertiary alicyclic amines) is 1. The fraction of sp³-hybridized carbons (Fsp3) is 0.438. The van der Waals surface area contributed by atoms with Gasteiger partial charge in [-0.25, -0.2) is 4.98 Å². The standard InChI is InChI=1S/C16H15F3N4O5/c17-16(18,19)14(25)21-5-3-15(26,4-6-21)8-22-9-20-12-7-10(23(27)28)1-2-11(12)13(22)24/h1-2,7,9,26H,3-6,8H2. The number of benzene rings is 1. The molecule has 0 spiro atoms. The van der Waals surface area contributed by atoms with Gasteiger partial charge in [0.15, 0.2) is 0 Å². The van der Waals surface area contributed by atoms with Crippen LogP contribution in [0.1, 0.15) is 12.8 Å². The molecule has 1 N–H and O–H groups in total. The van der Waals surface area contributed by atoms with Gasteiger partial charge in [0.05, 0.1) is 34.3 Å². The van der Waals surface area contributed by atoms with Crippen LogP contribution < -0.4 is 5.56 Å². The average Bonchev–Trinajstić information content (AvgIpc) is 2.63. The van der Waals surface area contributed by atoms with Crippen LogP contribution in [0.25, 0.3) is 10.9 Å². The summed E-state index contributed by atoms with van der Waals surface area (Å²) in [6.45, 7) is -0.812. The van der Waals surface area contributed by atoms with Gasteiger partial charge < -0.3 is 10.0 Å². The Balaban J connectivity index is 1.78. The lowest BCUT2D eigenvalue weighted by Crippen LogP contribution is -2.52. The van der Waals surface area contributed by atoms with Gasteiger partial charge in [-0.3, -0.25) is 24.3 Å². The predicted octanol–water partition coefficient (Wildman–Crippen LogP) is 1.22. The van der Waals surface area contributed by atoms with Crippen molar-refractivity contribution >= 4 is 22.5 Å². The lowest BCUT2D eigenvalue weighted by Gasteiger charge is -2.38. The quantitative estimate of drug-likeness (QED) is 0.611. The molecule has 28 heavy (non-hydrogen) atoms. The summed E-state index contributed by atoms with van der Waals surface area (Å²) in [6, 6.07) is 3.57. The Kier molecular flexibility index (Phi) is 4.83. The first-order valence-electron chi connectivity index (χ1n) is 8.22. The average molecular weight is 400 g/mol. The molecule has 1 fully saturated rings. The van der Waals surface area contributed by atoms with E-state index < -0.39 is 28.2 Å². The van der Waals surface area contributed by atoms with Gasteiger partial charge in [0.25, 0.3) is 11.2 Å². The number of amides is 1. The summed E-state index contributed by atoms with van der Waals surface area (Å²) in [7, 11) is 0. The van der Waals surface area contributed by atoms with E-state index in [1.165, 1.54) is 6.07 Å². The van der Waals surface area contributed by atoms with Crippen molar-refractivity contribution in [2.45, 2.75) is 31.2 Å². The lowest BCUT2D eigenvalue weighted by atomic mass is 9.91. The number of aromatic nitrogens is 2. The SMILES string of the molecule is O=C(N1CCC(O)(Cn2cnc3cc([N+](=O)[O-])ccc3c2=O)CC1)C(F)(F)F. The van der Waals surface area contributed by atoms with E-state index >= 15 is 0 Å². The number of piperidine rings is 1. The molecule has 2 heterocycles. The van der Waals surface area contributed by atoms with Gasteiger partial charge in [0.2, 0.25) is 0 Å². The number of nitrogens with zero attached hydrogens (tertiary/aromatic N) is 4. The summed E-state index contributed by atoms with van der Waals surface area (Å²) in [5.41, 5.74) is -2.13. The summed E-state index contributed by atoms with van der Waals surface area (Å²) < 4.78 is 38.6. The number of nitro groups is 1. The van der Waals surface area contributed by atoms with Crippen LogP contribution in [0.15, 0.2) is 29.3 Å². The fourth-order valence-corrected chi connectivity index (χ4v) is 3.15. The van der Waals surface area contributed by atoms with Gasteiger partial charge in [0.1, 0.15) is 0 Å². The highest BCUT2D eigenvalue weighted by Crippen LogP contribution is 2.27. The van der Waals surface area contributed by atoms with Crippen LogP contribution in [-0.4, -0.2) is 55.3 Å². The van der Waals surface area contributed by atoms with Gasteiger partial charge in [-0.05, 0) is 18.9 Å². The third-order valence-corrected chi connectivity index (χ3v) is 4.71. The Hall–Kier alpha value is -3.02. The number of carbonyl (C=O) groups is 1. The molecule has 0 unspecified atom stereocenters. The predicted molar refractivity (Wildman–Crippen MR) is 89.5 cm³/mol. The fourth-order valence-electron chi connectivity index (χ4n) is 3.15. The van der Waals surface area contributed by atoms with Crippen LogP contribution in [0.3, 0.4) is 0 Å². The number of aliphatic hydroxyl groups is 1. The highest BCUT2D eigenvalue weighted by molar-refractivity contribution is 5.82. The first kappa shape index (κ1) is 19.7. The topological polar surface area (TPSA) is 119 Å². The number of hydrogen-bond donors (Lipinski definition) is 1. The third kappa shape index (κ3) is 3.81. The Bertz CT molecular complexity index is 996. The van der Waals surface area contributed by atoms with Crippen LogP contribution >= 0.6 is 0 Å². The number of carbonyl (C=O) groups excluding carboxylic acids is 1. The van der Waals surface area contributed by atoms with E-state index in [4.69, 9.17) is 0 Å². The molecule has 0 bridgehead atoms. The molecule has 9 nitrogen and oxygen atoms in total. The second-order valence-electron chi connectivity index (χ2n) is 6.65. The number of non-ortho nitro benzene ring substituents is 1. The summed E-state index contributed by atoms with van der Waals surface area (Å²) in [5, 5.41) is 21.6. The molecule has 0 saturated carbocycles. The lowest BCUT2D eigenvalue weighted by molar-refractivity contribution is -0.384. The number of alkyl halides is 3. The minimum atomic E-state index is -4.97. The molecule has 0 aliphatic carbocycles. The number of fused-ring (bicyclic) bond motifs is 1. The molecule has 2 aromatic rings. The molecule has 1 aromatic heterocycles. The van der Waals surface area contributed by atoms with E-state index in [0.29, 0.717) is 4.90 Å². The van der Waals surface area contributed by atoms with Crippen molar-refractivity contribution in [3.05, 3.63) is 45.0 Å². The van der Waals surface area contributed by atoms with Crippen LogP contribution in [0.4, 0.5) is 18.9 Å². The summed E-state index contributed by atoms with van der Waals surface area (Å²) in [4.78, 5) is 38.6. The molecular weight excluding hydrogens is 385 g/mol. The van der Waals surface area contributed by atoms with Gasteiger partial charge in [-0.1, -0.05) is 0 Å². The van der Waals surface area contributed by atoms with Crippen molar-refractivity contribution < 1.29 is 28.0 Å². The second-order valence-corrected chi connectivity index (χ2v) is 6.65. The normalized spacial score (nSPS) is 16.9. The molecule has 3 rings (SSSR count). The molecule has 1 saturated heterocycles. The largest absolute Gasteiger partial charge is 0.471 e. The van der Waals surface area contributed by atoms with E-state index in [9.17, 15) is 38.0 Å². The minimum Gasteiger partial charge on any atom is -0.388 e. The Labute approximate surface area is 155 Å². The van der Waals surface area contributed by atoms with E-state index in [1.54, 1.807) is 0 Å². The van der Waals surface area contributed by atoms with Crippen molar-refractivity contribution in [3.8, 4) is 0 Å². The molecule has 0 radical (unpaired) electrons. The highest BCUT2D eigenvalue weighted by Gasteiger charge is 2.45. The molecule has 1 amide bonds. The summed E-state index contributed by atoms with van der Waals surface area (Å²) >= 11 is 0. The first-order valence-corrected chi connectivity index (χ1v) is 8.22. The van der Waals surface area contributed by atoms with Crippen molar-refractivity contribution in [3.63, 3.8) is 0 Å². The molecule has 150 valence electrons. The zero-order valence-corrected chi connectivity index (χ0v) is 14.3. The van der Waals surface area contributed by atoms with E-state index in [-0.39, 0.29) is 49.1 Å². The molecule has 0 atom stereocenters. The summed E-state index contributed by atoms with van der Waals surface area (Å²) in [6.07, 6.45) is -4.13. The minimum absolute atomic E-state index is 0.112. The zero-order chi connectivity index (χ0) is 20.7. The van der Waals surface area contributed by atoms with Crippen LogP contribution in [-0.2, 0) is 11.3 Å². The maximum absolute atomic E-state index is 12.6. The highest BCUT2D eigenvalue weighted by atomic mass is 19.4. The van der Waals surface area contributed by atoms with Gasteiger partial charge >= 0.3 is 12.1 Å². The molecule has 1 aliphatic rings. The smallest absolute Gasteiger partial charge is 0.388 e. The van der Waals surface area contributed by atoms with Crippen molar-refractivity contribution in [2.24, 2.45) is 0 Å². The number of hydrogen-bond acceptors (Lipinski definition) is 6. The second kappa shape index (κ2) is 6.86. The molecule has 1 aliphatic heterocycles. The third-order valence-electron chi connectivity index (χ3n) is 4.71. The van der Waals surface area contributed by atoms with Gasteiger partial charge in [-0.2, -0.15) is 13.2 Å². The van der Waals surface area contributed by atoms with E-state index in [2.05, 4.69) is 4.98 Å². The number of nitro benzene ring substituents is 1. The number of rotatable bonds is 3. The Morgan fingerprint density at radius 1 is 1.32 bits per heavy atom. The monoisotopic (exact) mass is 400 g/mol. The Morgan fingerprint density at radius 3 is 2.54 bits per heavy atom. The van der Waals surface area contributed by atoms with Crippen molar-refractivity contribution in [2.75, 3.05) is 13.1 Å². The maximum atomic E-state index is 12.6.